The molecule has 0 spiro atoms. The van der Waals surface area contributed by atoms with Crippen molar-refractivity contribution in [1.82, 2.24) is 10.3 Å². The van der Waals surface area contributed by atoms with E-state index in [-0.39, 0.29) is 0 Å². The third kappa shape index (κ3) is 1.90. The molecule has 0 radical (unpaired) electrons. The molecule has 0 saturated carbocycles. The van der Waals surface area contributed by atoms with Crippen LogP contribution in [0.3, 0.4) is 0 Å². The highest BCUT2D eigenvalue weighted by Crippen LogP contribution is 2.43. The van der Waals surface area contributed by atoms with Gasteiger partial charge in [-0.15, -0.1) is 0 Å². The van der Waals surface area contributed by atoms with Crippen LogP contribution >= 0.6 is 0 Å². The highest BCUT2D eigenvalue weighted by atomic mass is 16.5. The first kappa shape index (κ1) is 11.9. The largest absolute Gasteiger partial charge is 0.493 e. The minimum atomic E-state index is 0.587. The van der Waals surface area contributed by atoms with Crippen LogP contribution < -0.4 is 10.1 Å². The minimum Gasteiger partial charge on any atom is -0.493 e. The van der Waals surface area contributed by atoms with Gasteiger partial charge in [0.15, 0.2) is 0 Å². The summed E-state index contributed by atoms with van der Waals surface area (Å²) >= 11 is 0. The molecule has 1 fully saturated rings. The molecule has 102 valence electrons. The maximum absolute atomic E-state index is 6.11. The molecule has 2 atom stereocenters. The fourth-order valence-corrected chi connectivity index (χ4v) is 3.47. The molecule has 0 aliphatic carbocycles. The highest BCUT2D eigenvalue weighted by molar-refractivity contribution is 5.72. The Kier molecular flexibility index (Phi) is 2.92. The number of pyridine rings is 1. The van der Waals surface area contributed by atoms with Crippen LogP contribution in [0.25, 0.3) is 11.1 Å². The third-order valence-electron chi connectivity index (χ3n) is 4.49. The lowest BCUT2D eigenvalue weighted by Crippen LogP contribution is -2.11. The van der Waals surface area contributed by atoms with Gasteiger partial charge in [0.25, 0.3) is 0 Å². The van der Waals surface area contributed by atoms with E-state index >= 15 is 0 Å². The van der Waals surface area contributed by atoms with Gasteiger partial charge >= 0.3 is 0 Å². The van der Waals surface area contributed by atoms with E-state index in [1.807, 2.05) is 18.5 Å². The summed E-state index contributed by atoms with van der Waals surface area (Å²) in [7, 11) is 0. The second-order valence-electron chi connectivity index (χ2n) is 5.63. The van der Waals surface area contributed by atoms with Crippen molar-refractivity contribution >= 4 is 0 Å². The lowest BCUT2D eigenvalue weighted by Gasteiger charge is -2.18. The monoisotopic (exact) mass is 266 g/mol. The van der Waals surface area contributed by atoms with Gasteiger partial charge in [0.1, 0.15) is 5.75 Å². The van der Waals surface area contributed by atoms with Crippen LogP contribution in [0, 0.1) is 5.92 Å². The summed E-state index contributed by atoms with van der Waals surface area (Å²) in [6.45, 7) is 3.00. The quantitative estimate of drug-likeness (QED) is 0.862. The molecule has 2 aromatic rings. The van der Waals surface area contributed by atoms with Gasteiger partial charge in [0.2, 0.25) is 0 Å². The van der Waals surface area contributed by atoms with E-state index in [4.69, 9.17) is 4.74 Å². The van der Waals surface area contributed by atoms with Gasteiger partial charge in [-0.2, -0.15) is 0 Å². The number of hydrogen-bond acceptors (Lipinski definition) is 3. The first-order valence-electron chi connectivity index (χ1n) is 7.30. The molecule has 0 bridgehead atoms. The van der Waals surface area contributed by atoms with Gasteiger partial charge in [0.05, 0.1) is 6.61 Å². The lowest BCUT2D eigenvalue weighted by atomic mass is 9.86. The molecule has 3 heterocycles. The normalized spacial score (nSPS) is 24.4. The van der Waals surface area contributed by atoms with Gasteiger partial charge in [-0.25, -0.2) is 0 Å². The summed E-state index contributed by atoms with van der Waals surface area (Å²) in [6.07, 6.45) is 4.86. The van der Waals surface area contributed by atoms with Crippen molar-refractivity contribution in [3.05, 3.63) is 48.3 Å². The van der Waals surface area contributed by atoms with Crippen LogP contribution in [0.4, 0.5) is 0 Å². The van der Waals surface area contributed by atoms with Gasteiger partial charge in [-0.05, 0) is 30.5 Å². The number of hydrogen-bond donors (Lipinski definition) is 1. The average molecular weight is 266 g/mol. The Morgan fingerprint density at radius 3 is 3.05 bits per heavy atom. The van der Waals surface area contributed by atoms with Crippen LogP contribution in [0.1, 0.15) is 17.9 Å². The van der Waals surface area contributed by atoms with E-state index in [1.54, 1.807) is 0 Å². The van der Waals surface area contributed by atoms with Crippen molar-refractivity contribution in [2.75, 3.05) is 19.7 Å². The fraction of sp³-hybridized carbons (Fsp3) is 0.353. The lowest BCUT2D eigenvalue weighted by molar-refractivity contribution is 0.297. The predicted molar refractivity (Wildman–Crippen MR) is 78.9 cm³/mol. The summed E-state index contributed by atoms with van der Waals surface area (Å²) in [4.78, 5) is 4.23. The molecule has 0 amide bonds. The molecule has 20 heavy (non-hydrogen) atoms. The number of rotatable bonds is 1. The first-order chi connectivity index (χ1) is 9.93. The van der Waals surface area contributed by atoms with E-state index in [2.05, 4.69) is 34.6 Å². The van der Waals surface area contributed by atoms with Gasteiger partial charge in [-0.3, -0.25) is 4.98 Å². The Hall–Kier alpha value is -1.87. The highest BCUT2D eigenvalue weighted by Gasteiger charge is 2.33. The number of nitrogens with zero attached hydrogens (tertiary/aromatic N) is 1. The smallest absolute Gasteiger partial charge is 0.130 e. The second kappa shape index (κ2) is 4.91. The predicted octanol–water partition coefficient (Wildman–Crippen LogP) is 2.83. The summed E-state index contributed by atoms with van der Waals surface area (Å²) < 4.78 is 6.11. The van der Waals surface area contributed by atoms with Crippen molar-refractivity contribution in [2.24, 2.45) is 5.92 Å². The van der Waals surface area contributed by atoms with Gasteiger partial charge < -0.3 is 10.1 Å². The molecule has 4 rings (SSSR count). The van der Waals surface area contributed by atoms with Crippen molar-refractivity contribution in [1.29, 1.82) is 0 Å². The standard InChI is InChI=1S/C17H18N2O/c1-4-14(12-3-2-7-18-9-12)17-15(5-1)16-11-19-10-13(16)6-8-20-17/h1-5,7,9,13,16,19H,6,8,10-11H2/t13-,16-/m1/s1. The molecule has 2 aliphatic heterocycles. The zero-order valence-corrected chi connectivity index (χ0v) is 11.4. The second-order valence-corrected chi connectivity index (χ2v) is 5.63. The molecule has 3 heteroatoms. The summed E-state index contributed by atoms with van der Waals surface area (Å²) in [5, 5.41) is 3.52. The topological polar surface area (TPSA) is 34.1 Å². The van der Waals surface area contributed by atoms with Crippen molar-refractivity contribution in [3.63, 3.8) is 0 Å². The van der Waals surface area contributed by atoms with Crippen LogP contribution in [0.15, 0.2) is 42.7 Å². The maximum atomic E-state index is 6.11. The van der Waals surface area contributed by atoms with Gasteiger partial charge in [0, 0.05) is 36.0 Å². The number of ether oxygens (including phenoxy) is 1. The van der Waals surface area contributed by atoms with Gasteiger partial charge in [-0.1, -0.05) is 24.3 Å². The SMILES string of the molecule is c1cncc(-c2cccc3c2OCC[C@@H]2CNC[C@@H]32)c1. The Labute approximate surface area is 119 Å². The molecule has 3 nitrogen and oxygen atoms in total. The third-order valence-corrected chi connectivity index (χ3v) is 4.49. The average Bonchev–Trinajstić information content (AvgIpc) is 2.90. The van der Waals surface area contributed by atoms with Crippen LogP contribution in [0.5, 0.6) is 5.75 Å². The zero-order chi connectivity index (χ0) is 13.4. The van der Waals surface area contributed by atoms with E-state index < -0.39 is 0 Å². The molecular formula is C17H18N2O. The summed E-state index contributed by atoms with van der Waals surface area (Å²) in [5.74, 6) is 2.36. The number of para-hydroxylation sites is 1. The Morgan fingerprint density at radius 2 is 2.15 bits per heavy atom. The van der Waals surface area contributed by atoms with E-state index in [0.717, 1.165) is 37.4 Å². The number of nitrogens with one attached hydrogen (secondary N) is 1. The number of aromatic nitrogens is 1. The van der Waals surface area contributed by atoms with Crippen LogP contribution in [-0.2, 0) is 0 Å². The Bertz CT molecular complexity index is 612. The molecular weight excluding hydrogens is 248 g/mol. The maximum Gasteiger partial charge on any atom is 0.130 e. The summed E-state index contributed by atoms with van der Waals surface area (Å²) in [6, 6.07) is 10.6. The molecule has 1 aromatic carbocycles. The molecule has 1 N–H and O–H groups in total. The Balaban J connectivity index is 1.85. The van der Waals surface area contributed by atoms with Crippen molar-refractivity contribution in [2.45, 2.75) is 12.3 Å². The number of benzene rings is 1. The van der Waals surface area contributed by atoms with Crippen molar-refractivity contribution < 1.29 is 4.74 Å². The van der Waals surface area contributed by atoms with E-state index in [9.17, 15) is 0 Å². The van der Waals surface area contributed by atoms with Crippen LogP contribution in [0.2, 0.25) is 0 Å². The van der Waals surface area contributed by atoms with Crippen LogP contribution in [-0.4, -0.2) is 24.7 Å². The van der Waals surface area contributed by atoms with E-state index in [0.29, 0.717) is 11.8 Å². The minimum absolute atomic E-state index is 0.587. The zero-order valence-electron chi connectivity index (χ0n) is 11.4. The molecule has 1 aromatic heterocycles. The molecule has 1 saturated heterocycles. The van der Waals surface area contributed by atoms with Crippen molar-refractivity contribution in [3.8, 4) is 16.9 Å². The summed E-state index contributed by atoms with van der Waals surface area (Å²) in [5.41, 5.74) is 3.66. The number of fused-ring (bicyclic) bond motifs is 3. The Morgan fingerprint density at radius 1 is 1.15 bits per heavy atom. The first-order valence-corrected chi connectivity index (χ1v) is 7.30. The van der Waals surface area contributed by atoms with E-state index in [1.165, 1.54) is 11.1 Å². The fourth-order valence-electron chi connectivity index (χ4n) is 3.47. The molecule has 0 unspecified atom stereocenters. The molecule has 2 aliphatic rings.